The molecule has 1 aliphatic carbocycles. The summed E-state index contributed by atoms with van der Waals surface area (Å²) < 4.78 is 5.42. The van der Waals surface area contributed by atoms with E-state index in [4.69, 9.17) is 4.52 Å². The highest BCUT2D eigenvalue weighted by Crippen LogP contribution is 2.38. The molecule has 2 aliphatic rings. The van der Waals surface area contributed by atoms with Gasteiger partial charge in [0.2, 0.25) is 5.89 Å². The molecule has 1 N–H and O–H groups in total. The van der Waals surface area contributed by atoms with Crippen LogP contribution >= 0.6 is 0 Å². The van der Waals surface area contributed by atoms with Crippen LogP contribution in [0, 0.1) is 0 Å². The lowest BCUT2D eigenvalue weighted by Gasteiger charge is -2.37. The normalized spacial score (nSPS) is 24.8. The molecular formula is C14H24N4O2. The van der Waals surface area contributed by atoms with Gasteiger partial charge in [-0.2, -0.15) is 4.98 Å². The van der Waals surface area contributed by atoms with E-state index in [-0.39, 0.29) is 12.1 Å². The molecule has 2 atom stereocenters. The van der Waals surface area contributed by atoms with Crippen LogP contribution in [0.2, 0.25) is 0 Å². The summed E-state index contributed by atoms with van der Waals surface area (Å²) in [4.78, 5) is 9.22. The molecule has 0 bridgehead atoms. The van der Waals surface area contributed by atoms with Crippen molar-refractivity contribution in [3.05, 3.63) is 11.7 Å². The smallest absolute Gasteiger partial charge is 0.243 e. The Bertz CT molecular complexity index is 436. The highest BCUT2D eigenvalue weighted by Gasteiger charge is 2.31. The van der Waals surface area contributed by atoms with Crippen LogP contribution in [0.4, 0.5) is 0 Å². The number of piperazine rings is 1. The highest BCUT2D eigenvalue weighted by atomic mass is 16.5. The first kappa shape index (κ1) is 14.0. The number of nitrogens with zero attached hydrogens (tertiary/aromatic N) is 4. The number of hydrogen-bond acceptors (Lipinski definition) is 6. The zero-order valence-electron chi connectivity index (χ0n) is 12.3. The summed E-state index contributed by atoms with van der Waals surface area (Å²) >= 11 is 0. The van der Waals surface area contributed by atoms with Crippen molar-refractivity contribution in [1.82, 2.24) is 19.9 Å². The fraction of sp³-hybridized carbons (Fsp3) is 0.857. The minimum Gasteiger partial charge on any atom is -0.392 e. The molecule has 0 amide bonds. The van der Waals surface area contributed by atoms with Crippen LogP contribution in [0.25, 0.3) is 0 Å². The van der Waals surface area contributed by atoms with Gasteiger partial charge in [-0.15, -0.1) is 0 Å². The number of hydrogen-bond donors (Lipinski definition) is 1. The van der Waals surface area contributed by atoms with E-state index in [1.54, 1.807) is 0 Å². The van der Waals surface area contributed by atoms with Gasteiger partial charge in [-0.3, -0.25) is 9.80 Å². The Morgan fingerprint density at radius 3 is 2.55 bits per heavy atom. The van der Waals surface area contributed by atoms with E-state index in [9.17, 15) is 5.11 Å². The van der Waals surface area contributed by atoms with Crippen molar-refractivity contribution in [1.29, 1.82) is 0 Å². The highest BCUT2D eigenvalue weighted by molar-refractivity contribution is 5.04. The summed E-state index contributed by atoms with van der Waals surface area (Å²) in [6, 6.07) is 0.184. The summed E-state index contributed by atoms with van der Waals surface area (Å²) in [7, 11) is 0. The summed E-state index contributed by atoms with van der Waals surface area (Å²) in [6.45, 7) is 8.66. The molecule has 2 unspecified atom stereocenters. The molecule has 1 saturated carbocycles. The van der Waals surface area contributed by atoms with E-state index in [2.05, 4.69) is 26.9 Å². The second-order valence-corrected chi connectivity index (χ2v) is 6.13. The van der Waals surface area contributed by atoms with Gasteiger partial charge in [0.25, 0.3) is 0 Å². The molecule has 1 aromatic heterocycles. The predicted octanol–water partition coefficient (Wildman–Crippen LogP) is 1.01. The van der Waals surface area contributed by atoms with Gasteiger partial charge in [-0.05, 0) is 26.7 Å². The zero-order valence-corrected chi connectivity index (χ0v) is 12.3. The summed E-state index contributed by atoms with van der Waals surface area (Å²) in [5.41, 5.74) is 0. The van der Waals surface area contributed by atoms with Crippen LogP contribution in [0.1, 0.15) is 50.4 Å². The number of aromatic nitrogens is 2. The van der Waals surface area contributed by atoms with Gasteiger partial charge in [-0.25, -0.2) is 0 Å². The van der Waals surface area contributed by atoms with Crippen molar-refractivity contribution in [2.75, 3.05) is 32.7 Å². The largest absolute Gasteiger partial charge is 0.392 e. The Morgan fingerprint density at radius 1 is 1.25 bits per heavy atom. The lowest BCUT2D eigenvalue weighted by Crippen LogP contribution is -2.48. The maximum Gasteiger partial charge on any atom is 0.243 e. The van der Waals surface area contributed by atoms with Gasteiger partial charge in [-0.1, -0.05) is 5.16 Å². The minimum absolute atomic E-state index is 0.184. The van der Waals surface area contributed by atoms with Crippen molar-refractivity contribution in [2.24, 2.45) is 0 Å². The predicted molar refractivity (Wildman–Crippen MR) is 74.4 cm³/mol. The Kier molecular flexibility index (Phi) is 4.05. The lowest BCUT2D eigenvalue weighted by atomic mass is 10.2. The maximum atomic E-state index is 9.43. The third-order valence-corrected chi connectivity index (χ3v) is 4.23. The summed E-state index contributed by atoms with van der Waals surface area (Å²) in [5, 5.41) is 13.5. The number of aliphatic hydroxyl groups excluding tert-OH is 1. The molecule has 6 heteroatoms. The van der Waals surface area contributed by atoms with Crippen LogP contribution in [0.3, 0.4) is 0 Å². The maximum absolute atomic E-state index is 9.43. The van der Waals surface area contributed by atoms with E-state index in [1.807, 2.05) is 6.92 Å². The molecule has 6 nitrogen and oxygen atoms in total. The first-order valence-electron chi connectivity index (χ1n) is 7.61. The van der Waals surface area contributed by atoms with Gasteiger partial charge in [0.1, 0.15) is 0 Å². The third kappa shape index (κ3) is 3.19. The first-order valence-corrected chi connectivity index (χ1v) is 7.61. The van der Waals surface area contributed by atoms with Crippen molar-refractivity contribution in [3.63, 3.8) is 0 Å². The van der Waals surface area contributed by atoms with Crippen molar-refractivity contribution in [3.8, 4) is 0 Å². The Balaban J connectivity index is 1.53. The van der Waals surface area contributed by atoms with E-state index in [0.29, 0.717) is 5.92 Å². The number of β-amino-alcohol motifs (C(OH)–C–C–N with tert-alkyl or cyclic N) is 1. The Morgan fingerprint density at radius 2 is 1.95 bits per heavy atom. The minimum atomic E-state index is -0.254. The van der Waals surface area contributed by atoms with Crippen molar-refractivity contribution in [2.45, 2.75) is 44.8 Å². The molecule has 1 saturated heterocycles. The van der Waals surface area contributed by atoms with Crippen LogP contribution < -0.4 is 0 Å². The lowest BCUT2D eigenvalue weighted by molar-refractivity contribution is 0.0582. The van der Waals surface area contributed by atoms with E-state index in [1.165, 1.54) is 12.8 Å². The third-order valence-electron chi connectivity index (χ3n) is 4.23. The molecule has 1 aromatic rings. The SMILES string of the molecule is CC(O)CN1CCN(C(C)c2nc(C3CC3)no2)CC1. The molecular weight excluding hydrogens is 256 g/mol. The second kappa shape index (κ2) is 5.79. The van der Waals surface area contributed by atoms with E-state index in [0.717, 1.165) is 44.4 Å². The van der Waals surface area contributed by atoms with Gasteiger partial charge >= 0.3 is 0 Å². The van der Waals surface area contributed by atoms with Gasteiger partial charge in [0.15, 0.2) is 5.82 Å². The molecule has 0 spiro atoms. The molecule has 0 aromatic carbocycles. The molecule has 112 valence electrons. The van der Waals surface area contributed by atoms with Crippen LogP contribution in [-0.2, 0) is 0 Å². The fourth-order valence-electron chi connectivity index (χ4n) is 2.79. The number of aliphatic hydroxyl groups is 1. The quantitative estimate of drug-likeness (QED) is 0.868. The molecule has 0 radical (unpaired) electrons. The van der Waals surface area contributed by atoms with Crippen molar-refractivity contribution >= 4 is 0 Å². The van der Waals surface area contributed by atoms with Crippen LogP contribution in [0.5, 0.6) is 0 Å². The monoisotopic (exact) mass is 280 g/mol. The molecule has 2 fully saturated rings. The summed E-state index contributed by atoms with van der Waals surface area (Å²) in [5.74, 6) is 2.18. The zero-order chi connectivity index (χ0) is 14.1. The standard InChI is InChI=1S/C14H24N4O2/c1-10(19)9-17-5-7-18(8-6-17)11(2)14-15-13(16-20-14)12-3-4-12/h10-12,19H,3-9H2,1-2H3. The molecule has 2 heterocycles. The number of rotatable bonds is 5. The van der Waals surface area contributed by atoms with Gasteiger partial charge in [0.05, 0.1) is 12.1 Å². The average Bonchev–Trinajstić information content (AvgIpc) is 3.16. The fourth-order valence-corrected chi connectivity index (χ4v) is 2.79. The van der Waals surface area contributed by atoms with Crippen molar-refractivity contribution < 1.29 is 9.63 Å². The summed E-state index contributed by atoms with van der Waals surface area (Å²) in [6.07, 6.45) is 2.15. The van der Waals surface area contributed by atoms with Crippen LogP contribution in [0.15, 0.2) is 4.52 Å². The Hall–Kier alpha value is -0.980. The Labute approximate surface area is 119 Å². The topological polar surface area (TPSA) is 65.6 Å². The van der Waals surface area contributed by atoms with E-state index < -0.39 is 0 Å². The first-order chi connectivity index (χ1) is 9.63. The molecule has 1 aliphatic heterocycles. The average molecular weight is 280 g/mol. The second-order valence-electron chi connectivity index (χ2n) is 6.13. The van der Waals surface area contributed by atoms with Crippen LogP contribution in [-0.4, -0.2) is 63.9 Å². The molecule has 20 heavy (non-hydrogen) atoms. The van der Waals surface area contributed by atoms with Gasteiger partial charge in [0, 0.05) is 38.6 Å². The van der Waals surface area contributed by atoms with E-state index >= 15 is 0 Å². The molecule has 3 rings (SSSR count). The van der Waals surface area contributed by atoms with Gasteiger partial charge < -0.3 is 9.63 Å².